The molecule has 0 saturated heterocycles. The van der Waals surface area contributed by atoms with Crippen molar-refractivity contribution in [2.24, 2.45) is 5.73 Å². The number of benzene rings is 2. The molecule has 3 rings (SSSR count). The van der Waals surface area contributed by atoms with Crippen molar-refractivity contribution in [1.29, 1.82) is 0 Å². The van der Waals surface area contributed by atoms with E-state index in [0.29, 0.717) is 35.1 Å². The first-order valence-electron chi connectivity index (χ1n) is 12.2. The van der Waals surface area contributed by atoms with Gasteiger partial charge < -0.3 is 35.7 Å². The highest BCUT2D eigenvalue weighted by atomic mass is 16.5. The number of nitrogen functional groups attached to an aromatic ring is 1. The Kier molecular flexibility index (Phi) is 10.1. The van der Waals surface area contributed by atoms with Gasteiger partial charge in [0.15, 0.2) is 11.5 Å². The summed E-state index contributed by atoms with van der Waals surface area (Å²) < 4.78 is 22.6. The van der Waals surface area contributed by atoms with Gasteiger partial charge >= 0.3 is 0 Å². The van der Waals surface area contributed by atoms with Crippen molar-refractivity contribution < 1.29 is 23.7 Å². The quantitative estimate of drug-likeness (QED) is 0.302. The fourth-order valence-electron chi connectivity index (χ4n) is 3.98. The molecule has 0 bridgehead atoms. The largest absolute Gasteiger partial charge is 0.493 e. The highest BCUT2D eigenvalue weighted by Crippen LogP contribution is 2.38. The van der Waals surface area contributed by atoms with E-state index in [2.05, 4.69) is 17.2 Å². The lowest BCUT2D eigenvalue weighted by Crippen LogP contribution is -2.29. The number of unbranched alkanes of at least 4 members (excludes halogenated alkanes) is 1. The molecule has 3 aromatic rings. The molecule has 0 aliphatic heterocycles. The van der Waals surface area contributed by atoms with Crippen molar-refractivity contribution in [2.45, 2.75) is 44.9 Å². The van der Waals surface area contributed by atoms with Gasteiger partial charge in [-0.1, -0.05) is 31.9 Å². The van der Waals surface area contributed by atoms with E-state index in [4.69, 9.17) is 30.4 Å². The second kappa shape index (κ2) is 13.5. The predicted molar refractivity (Wildman–Crippen MR) is 144 cm³/mol. The molecule has 0 aliphatic carbocycles. The first-order chi connectivity index (χ1) is 17.9. The zero-order valence-electron chi connectivity index (χ0n) is 21.8. The molecule has 0 aliphatic rings. The number of carbonyl (C=O) groups is 1. The highest BCUT2D eigenvalue weighted by Gasteiger charge is 2.22. The Morgan fingerprint density at radius 3 is 2.27 bits per heavy atom. The number of nitrogens with two attached hydrogens (primary N) is 2. The Morgan fingerprint density at radius 2 is 1.70 bits per heavy atom. The Labute approximate surface area is 218 Å². The molecule has 0 radical (unpaired) electrons. The van der Waals surface area contributed by atoms with E-state index >= 15 is 0 Å². The van der Waals surface area contributed by atoms with E-state index in [0.717, 1.165) is 30.4 Å². The van der Waals surface area contributed by atoms with Crippen LogP contribution in [-0.4, -0.2) is 38.3 Å². The van der Waals surface area contributed by atoms with Gasteiger partial charge in [-0.2, -0.15) is 0 Å². The smallest absolute Gasteiger partial charge is 0.255 e. The molecule has 0 spiro atoms. The summed E-state index contributed by atoms with van der Waals surface area (Å²) in [6.45, 7) is 2.45. The molecule has 1 amide bonds. The number of hydrogen-bond donors (Lipinski definition) is 3. The normalized spacial score (nSPS) is 12.5. The number of rotatable bonds is 13. The van der Waals surface area contributed by atoms with E-state index in [1.165, 1.54) is 0 Å². The molecule has 2 atom stereocenters. The third-order valence-electron chi connectivity index (χ3n) is 6.08. The third kappa shape index (κ3) is 7.12. The molecule has 9 heteroatoms. The van der Waals surface area contributed by atoms with Gasteiger partial charge in [0.05, 0.1) is 45.8 Å². The van der Waals surface area contributed by atoms with E-state index in [1.807, 2.05) is 24.3 Å². The van der Waals surface area contributed by atoms with Crippen LogP contribution in [0.3, 0.4) is 0 Å². The lowest BCUT2D eigenvalue weighted by molar-refractivity contribution is 0.0160. The number of amides is 1. The van der Waals surface area contributed by atoms with Crippen molar-refractivity contribution >= 4 is 17.4 Å². The number of anilines is 2. The second-order valence-electron chi connectivity index (χ2n) is 8.56. The van der Waals surface area contributed by atoms with E-state index in [-0.39, 0.29) is 23.9 Å². The van der Waals surface area contributed by atoms with E-state index in [1.54, 1.807) is 51.8 Å². The van der Waals surface area contributed by atoms with Gasteiger partial charge in [0, 0.05) is 11.8 Å². The molecule has 5 N–H and O–H groups in total. The highest BCUT2D eigenvalue weighted by molar-refractivity contribution is 6.05. The minimum Gasteiger partial charge on any atom is -0.493 e. The number of carbonyl (C=O) groups excluding carboxylic acids is 1. The molecule has 9 nitrogen and oxygen atoms in total. The number of hydrogen-bond acceptors (Lipinski definition) is 8. The summed E-state index contributed by atoms with van der Waals surface area (Å²) in [4.78, 5) is 16.6. The number of pyridine rings is 1. The first kappa shape index (κ1) is 27.8. The van der Waals surface area contributed by atoms with Crippen LogP contribution in [0.4, 0.5) is 11.5 Å². The van der Waals surface area contributed by atoms with Gasteiger partial charge in [0.1, 0.15) is 5.82 Å². The lowest BCUT2D eigenvalue weighted by atomic mass is 9.97. The SMILES string of the molecule is CCCCC(OCc1cc(OC)c(OC)c(OC)c1)C(N)c1ccc(C(=O)Nc2cccnc2N)cc1. The summed E-state index contributed by atoms with van der Waals surface area (Å²) in [5, 5.41) is 2.78. The fourth-order valence-corrected chi connectivity index (χ4v) is 3.98. The first-order valence-corrected chi connectivity index (χ1v) is 12.2. The molecule has 0 saturated carbocycles. The van der Waals surface area contributed by atoms with Crippen molar-refractivity contribution in [3.63, 3.8) is 0 Å². The maximum absolute atomic E-state index is 12.7. The van der Waals surface area contributed by atoms with Crippen LogP contribution in [-0.2, 0) is 11.3 Å². The minimum atomic E-state index is -0.375. The van der Waals surface area contributed by atoms with E-state index in [9.17, 15) is 4.79 Å². The monoisotopic (exact) mass is 508 g/mol. The van der Waals surface area contributed by atoms with Gasteiger partial charge in [0.25, 0.3) is 5.91 Å². The maximum atomic E-state index is 12.7. The third-order valence-corrected chi connectivity index (χ3v) is 6.08. The molecular formula is C28H36N4O5. The van der Waals surface area contributed by atoms with Crippen LogP contribution >= 0.6 is 0 Å². The molecule has 0 fully saturated rings. The van der Waals surface area contributed by atoms with Crippen LogP contribution in [0, 0.1) is 0 Å². The summed E-state index contributed by atoms with van der Waals surface area (Å²) in [6.07, 6.45) is 4.13. The number of methoxy groups -OCH3 is 3. The van der Waals surface area contributed by atoms with Gasteiger partial charge in [-0.3, -0.25) is 4.79 Å². The Bertz CT molecular complexity index is 1140. The summed E-state index contributed by atoms with van der Waals surface area (Å²) in [6, 6.07) is 14.0. The Hall–Kier alpha value is -3.82. The van der Waals surface area contributed by atoms with Crippen LogP contribution < -0.4 is 31.0 Å². The molecule has 2 unspecified atom stereocenters. The summed E-state index contributed by atoms with van der Waals surface area (Å²) in [5.41, 5.74) is 15.2. The number of nitrogens with one attached hydrogen (secondary N) is 1. The van der Waals surface area contributed by atoms with Gasteiger partial charge in [-0.15, -0.1) is 0 Å². The average molecular weight is 509 g/mol. The van der Waals surface area contributed by atoms with Crippen molar-refractivity contribution in [2.75, 3.05) is 32.4 Å². The maximum Gasteiger partial charge on any atom is 0.255 e. The topological polar surface area (TPSA) is 131 Å². The standard InChI is InChI=1S/C28H36N4O5/c1-5-6-9-22(37-17-18-15-23(34-2)26(36-4)24(16-18)35-3)25(29)19-10-12-20(13-11-19)28(33)32-21-8-7-14-31-27(21)30/h7-8,10-16,22,25H,5-6,9,17,29H2,1-4H3,(H2,30,31)(H,32,33). The minimum absolute atomic E-state index is 0.228. The summed E-state index contributed by atoms with van der Waals surface area (Å²) >= 11 is 0. The molecule has 1 heterocycles. The molecular weight excluding hydrogens is 472 g/mol. The molecule has 37 heavy (non-hydrogen) atoms. The summed E-state index contributed by atoms with van der Waals surface area (Å²) in [5.74, 6) is 1.65. The number of aromatic nitrogens is 1. The average Bonchev–Trinajstić information content (AvgIpc) is 2.93. The molecule has 1 aromatic heterocycles. The van der Waals surface area contributed by atoms with Crippen LogP contribution in [0.5, 0.6) is 17.2 Å². The van der Waals surface area contributed by atoms with Gasteiger partial charge in [-0.25, -0.2) is 4.98 Å². The van der Waals surface area contributed by atoms with Gasteiger partial charge in [-0.05, 0) is 53.9 Å². The van der Waals surface area contributed by atoms with Crippen molar-refractivity contribution in [3.8, 4) is 17.2 Å². The zero-order chi connectivity index (χ0) is 26.8. The van der Waals surface area contributed by atoms with Crippen LogP contribution in [0.25, 0.3) is 0 Å². The Morgan fingerprint density at radius 1 is 1.03 bits per heavy atom. The van der Waals surface area contributed by atoms with E-state index < -0.39 is 0 Å². The molecule has 198 valence electrons. The predicted octanol–water partition coefficient (Wildman–Crippen LogP) is 4.72. The van der Waals surface area contributed by atoms with Crippen molar-refractivity contribution in [3.05, 3.63) is 71.4 Å². The van der Waals surface area contributed by atoms with Crippen LogP contribution in [0.1, 0.15) is 53.7 Å². The van der Waals surface area contributed by atoms with Crippen LogP contribution in [0.15, 0.2) is 54.7 Å². The zero-order valence-corrected chi connectivity index (χ0v) is 21.8. The summed E-state index contributed by atoms with van der Waals surface area (Å²) in [7, 11) is 4.73. The lowest BCUT2D eigenvalue weighted by Gasteiger charge is -2.25. The second-order valence-corrected chi connectivity index (χ2v) is 8.56. The fraction of sp³-hybridized carbons (Fsp3) is 0.357. The van der Waals surface area contributed by atoms with Gasteiger partial charge in [0.2, 0.25) is 5.75 Å². The van der Waals surface area contributed by atoms with Crippen molar-refractivity contribution in [1.82, 2.24) is 4.98 Å². The van der Waals surface area contributed by atoms with Crippen LogP contribution in [0.2, 0.25) is 0 Å². The number of ether oxygens (including phenoxy) is 4. The number of nitrogens with zero attached hydrogens (tertiary/aromatic N) is 1. The molecule has 2 aromatic carbocycles. The Balaban J connectivity index is 1.72.